The standard InChI is InChI=1S/C18H24FN3O/c1-11(2)17-21-18(23-22-17)12(3)20-16(13-5-4-6-13)14-7-9-15(19)10-8-14/h7-13,16,20H,4-6H2,1-3H3/t12-,16+/m1/s1. The van der Waals surface area contributed by atoms with E-state index in [1.54, 1.807) is 0 Å². The summed E-state index contributed by atoms with van der Waals surface area (Å²) in [5, 5.41) is 7.64. The minimum atomic E-state index is -0.201. The molecule has 1 heterocycles. The summed E-state index contributed by atoms with van der Waals surface area (Å²) in [7, 11) is 0. The van der Waals surface area contributed by atoms with Crippen molar-refractivity contribution < 1.29 is 8.91 Å². The maximum atomic E-state index is 13.2. The Morgan fingerprint density at radius 3 is 2.39 bits per heavy atom. The van der Waals surface area contributed by atoms with E-state index in [0.717, 1.165) is 11.4 Å². The van der Waals surface area contributed by atoms with Gasteiger partial charge in [0.05, 0.1) is 6.04 Å². The summed E-state index contributed by atoms with van der Waals surface area (Å²) in [4.78, 5) is 4.47. The molecular formula is C18H24FN3O. The summed E-state index contributed by atoms with van der Waals surface area (Å²) < 4.78 is 18.6. The molecule has 1 fully saturated rings. The molecule has 124 valence electrons. The lowest BCUT2D eigenvalue weighted by atomic mass is 9.77. The Labute approximate surface area is 136 Å². The zero-order valence-corrected chi connectivity index (χ0v) is 13.9. The highest BCUT2D eigenvalue weighted by Crippen LogP contribution is 2.39. The molecule has 0 saturated heterocycles. The van der Waals surface area contributed by atoms with Gasteiger partial charge in [0, 0.05) is 12.0 Å². The molecule has 0 spiro atoms. The quantitative estimate of drug-likeness (QED) is 0.851. The third kappa shape index (κ3) is 3.61. The maximum absolute atomic E-state index is 13.2. The van der Waals surface area contributed by atoms with Gasteiger partial charge < -0.3 is 4.52 Å². The van der Waals surface area contributed by atoms with Crippen molar-refractivity contribution in [3.63, 3.8) is 0 Å². The number of hydrogen-bond donors (Lipinski definition) is 1. The van der Waals surface area contributed by atoms with E-state index in [1.165, 1.54) is 31.4 Å². The Morgan fingerprint density at radius 1 is 1.17 bits per heavy atom. The van der Waals surface area contributed by atoms with Crippen LogP contribution in [0.3, 0.4) is 0 Å². The van der Waals surface area contributed by atoms with E-state index in [9.17, 15) is 4.39 Å². The molecule has 2 aromatic rings. The lowest BCUT2D eigenvalue weighted by Gasteiger charge is -2.36. The Morgan fingerprint density at radius 2 is 1.87 bits per heavy atom. The monoisotopic (exact) mass is 317 g/mol. The highest BCUT2D eigenvalue weighted by Gasteiger charge is 2.30. The fourth-order valence-electron chi connectivity index (χ4n) is 2.95. The average molecular weight is 317 g/mol. The molecule has 4 nitrogen and oxygen atoms in total. The molecule has 0 unspecified atom stereocenters. The van der Waals surface area contributed by atoms with Gasteiger partial charge in [-0.3, -0.25) is 5.32 Å². The lowest BCUT2D eigenvalue weighted by Crippen LogP contribution is -2.34. The summed E-state index contributed by atoms with van der Waals surface area (Å²) in [6.07, 6.45) is 3.65. The van der Waals surface area contributed by atoms with Gasteiger partial charge in [0.2, 0.25) is 5.89 Å². The van der Waals surface area contributed by atoms with E-state index >= 15 is 0 Å². The van der Waals surface area contributed by atoms with Gasteiger partial charge in [-0.25, -0.2) is 4.39 Å². The van der Waals surface area contributed by atoms with Crippen LogP contribution < -0.4 is 5.32 Å². The molecule has 0 aliphatic heterocycles. The van der Waals surface area contributed by atoms with Crippen LogP contribution in [0.15, 0.2) is 28.8 Å². The first-order valence-electron chi connectivity index (χ1n) is 8.39. The van der Waals surface area contributed by atoms with Crippen LogP contribution in [0.2, 0.25) is 0 Å². The average Bonchev–Trinajstić information content (AvgIpc) is 2.95. The molecule has 0 amide bonds. The maximum Gasteiger partial charge on any atom is 0.243 e. The highest BCUT2D eigenvalue weighted by atomic mass is 19.1. The van der Waals surface area contributed by atoms with Crippen LogP contribution in [0.5, 0.6) is 0 Å². The van der Waals surface area contributed by atoms with Crippen molar-refractivity contribution in [1.82, 2.24) is 15.5 Å². The molecule has 1 saturated carbocycles. The van der Waals surface area contributed by atoms with Crippen molar-refractivity contribution >= 4 is 0 Å². The molecule has 1 aromatic heterocycles. The molecule has 0 radical (unpaired) electrons. The SMILES string of the molecule is CC(C)c1noc([C@@H](C)N[C@H](c2ccc(F)cc2)C2CCC2)n1. The van der Waals surface area contributed by atoms with Crippen molar-refractivity contribution in [1.29, 1.82) is 0 Å². The third-order valence-electron chi connectivity index (χ3n) is 4.62. The first-order chi connectivity index (χ1) is 11.0. The van der Waals surface area contributed by atoms with E-state index in [-0.39, 0.29) is 23.8 Å². The van der Waals surface area contributed by atoms with Crippen LogP contribution >= 0.6 is 0 Å². The number of nitrogens with zero attached hydrogens (tertiary/aromatic N) is 2. The fraction of sp³-hybridized carbons (Fsp3) is 0.556. The predicted octanol–water partition coefficient (Wildman–Crippen LogP) is 4.52. The topological polar surface area (TPSA) is 51.0 Å². The first-order valence-corrected chi connectivity index (χ1v) is 8.39. The van der Waals surface area contributed by atoms with Crippen LogP contribution in [0, 0.1) is 11.7 Å². The second-order valence-corrected chi connectivity index (χ2v) is 6.75. The number of halogens is 1. The molecule has 1 aromatic carbocycles. The first kappa shape index (κ1) is 16.1. The summed E-state index contributed by atoms with van der Waals surface area (Å²) >= 11 is 0. The number of aromatic nitrogens is 2. The van der Waals surface area contributed by atoms with Crippen LogP contribution in [0.1, 0.15) is 75.3 Å². The van der Waals surface area contributed by atoms with Gasteiger partial charge in [-0.1, -0.05) is 37.6 Å². The van der Waals surface area contributed by atoms with Gasteiger partial charge in [0.25, 0.3) is 0 Å². The second-order valence-electron chi connectivity index (χ2n) is 6.75. The molecule has 1 N–H and O–H groups in total. The van der Waals surface area contributed by atoms with Crippen LogP contribution in [0.25, 0.3) is 0 Å². The van der Waals surface area contributed by atoms with Crippen molar-refractivity contribution in [2.45, 2.75) is 58.0 Å². The largest absolute Gasteiger partial charge is 0.338 e. The Hall–Kier alpha value is -1.75. The van der Waals surface area contributed by atoms with Crippen molar-refractivity contribution in [3.8, 4) is 0 Å². The van der Waals surface area contributed by atoms with Crippen LogP contribution in [0.4, 0.5) is 4.39 Å². The zero-order chi connectivity index (χ0) is 16.4. The van der Waals surface area contributed by atoms with Crippen molar-refractivity contribution in [3.05, 3.63) is 47.4 Å². The summed E-state index contributed by atoms with van der Waals surface area (Å²) in [5.74, 6) is 1.97. The summed E-state index contributed by atoms with van der Waals surface area (Å²) in [6.45, 7) is 6.12. The third-order valence-corrected chi connectivity index (χ3v) is 4.62. The molecule has 0 bridgehead atoms. The number of nitrogens with one attached hydrogen (secondary N) is 1. The number of hydrogen-bond acceptors (Lipinski definition) is 4. The molecular weight excluding hydrogens is 293 g/mol. The Bertz CT molecular complexity index is 634. The second kappa shape index (κ2) is 6.79. The smallest absolute Gasteiger partial charge is 0.243 e. The summed E-state index contributed by atoms with van der Waals surface area (Å²) in [5.41, 5.74) is 1.12. The highest BCUT2D eigenvalue weighted by molar-refractivity contribution is 5.21. The lowest BCUT2D eigenvalue weighted by molar-refractivity contribution is 0.207. The van der Waals surface area contributed by atoms with E-state index in [1.807, 2.05) is 32.9 Å². The van der Waals surface area contributed by atoms with Gasteiger partial charge in [0.15, 0.2) is 5.82 Å². The van der Waals surface area contributed by atoms with Gasteiger partial charge in [-0.15, -0.1) is 0 Å². The Balaban J connectivity index is 1.76. The molecule has 1 aliphatic carbocycles. The number of benzene rings is 1. The van der Waals surface area contributed by atoms with Crippen LogP contribution in [-0.2, 0) is 0 Å². The van der Waals surface area contributed by atoms with E-state index in [0.29, 0.717) is 11.8 Å². The molecule has 3 rings (SSSR count). The Kier molecular flexibility index (Phi) is 4.76. The summed E-state index contributed by atoms with van der Waals surface area (Å²) in [6, 6.07) is 6.93. The van der Waals surface area contributed by atoms with Crippen molar-refractivity contribution in [2.24, 2.45) is 5.92 Å². The van der Waals surface area contributed by atoms with Gasteiger partial charge in [-0.05, 0) is 43.4 Å². The zero-order valence-electron chi connectivity index (χ0n) is 13.9. The van der Waals surface area contributed by atoms with E-state index < -0.39 is 0 Å². The van der Waals surface area contributed by atoms with Gasteiger partial charge in [-0.2, -0.15) is 4.98 Å². The fourth-order valence-corrected chi connectivity index (χ4v) is 2.95. The predicted molar refractivity (Wildman–Crippen MR) is 86.4 cm³/mol. The normalized spacial score (nSPS) is 18.0. The minimum absolute atomic E-state index is 0.0364. The molecule has 23 heavy (non-hydrogen) atoms. The molecule has 5 heteroatoms. The van der Waals surface area contributed by atoms with Crippen molar-refractivity contribution in [2.75, 3.05) is 0 Å². The van der Waals surface area contributed by atoms with Gasteiger partial charge in [0.1, 0.15) is 5.82 Å². The van der Waals surface area contributed by atoms with E-state index in [2.05, 4.69) is 15.5 Å². The molecule has 1 aliphatic rings. The van der Waals surface area contributed by atoms with Crippen LogP contribution in [-0.4, -0.2) is 10.1 Å². The van der Waals surface area contributed by atoms with E-state index in [4.69, 9.17) is 4.52 Å². The minimum Gasteiger partial charge on any atom is -0.338 e. The number of rotatable bonds is 6. The van der Waals surface area contributed by atoms with Gasteiger partial charge >= 0.3 is 0 Å². The molecule has 2 atom stereocenters.